The van der Waals surface area contributed by atoms with Gasteiger partial charge in [-0.2, -0.15) is 4.31 Å². The molecule has 1 aliphatic rings. The molecule has 1 atom stereocenters. The van der Waals surface area contributed by atoms with Gasteiger partial charge in [0.2, 0.25) is 10.0 Å². The van der Waals surface area contributed by atoms with E-state index in [1.165, 1.54) is 0 Å². The molecule has 5 nitrogen and oxygen atoms in total. The minimum absolute atomic E-state index is 0.0844. The van der Waals surface area contributed by atoms with Crippen molar-refractivity contribution in [1.29, 1.82) is 0 Å². The summed E-state index contributed by atoms with van der Waals surface area (Å²) in [6, 6.07) is 1.72. The second-order valence-corrected chi connectivity index (χ2v) is 8.05. The van der Waals surface area contributed by atoms with Crippen LogP contribution in [-0.2, 0) is 10.0 Å². The maximum absolute atomic E-state index is 13.1. The molecule has 1 N–H and O–H groups in total. The summed E-state index contributed by atoms with van der Waals surface area (Å²) in [5, 5.41) is 2.88. The van der Waals surface area contributed by atoms with Gasteiger partial charge in [0.15, 0.2) is 0 Å². The van der Waals surface area contributed by atoms with E-state index in [-0.39, 0.29) is 10.9 Å². The number of pyridine rings is 1. The number of hydrogen-bond acceptors (Lipinski definition) is 4. The molecule has 0 radical (unpaired) electrons. The predicted octanol–water partition coefficient (Wildman–Crippen LogP) is 3.23. The van der Waals surface area contributed by atoms with Crippen LogP contribution in [0.2, 0.25) is 0 Å². The Balaban J connectivity index is 2.46. The van der Waals surface area contributed by atoms with Gasteiger partial charge in [-0.05, 0) is 41.3 Å². The number of sulfonamides is 1. The van der Waals surface area contributed by atoms with E-state index >= 15 is 0 Å². The molecule has 1 aromatic heterocycles. The summed E-state index contributed by atoms with van der Waals surface area (Å²) in [6.07, 6.45) is 6.50. The molecule has 2 rings (SSSR count). The van der Waals surface area contributed by atoms with Gasteiger partial charge in [0.25, 0.3) is 0 Å². The Labute approximate surface area is 135 Å². The highest BCUT2D eigenvalue weighted by atomic mass is 79.9. The van der Waals surface area contributed by atoms with Crippen molar-refractivity contribution in [2.24, 2.45) is 0 Å². The molecule has 1 unspecified atom stereocenters. The van der Waals surface area contributed by atoms with Crippen molar-refractivity contribution in [2.75, 3.05) is 18.9 Å². The van der Waals surface area contributed by atoms with Crippen LogP contribution in [0.4, 0.5) is 5.82 Å². The van der Waals surface area contributed by atoms with Gasteiger partial charge in [0.1, 0.15) is 10.7 Å². The maximum Gasteiger partial charge on any atom is 0.247 e. The van der Waals surface area contributed by atoms with Crippen molar-refractivity contribution >= 4 is 31.8 Å². The monoisotopic (exact) mass is 375 g/mol. The largest absolute Gasteiger partial charge is 0.372 e. The zero-order chi connectivity index (χ0) is 15.5. The number of hydrogen-bond donors (Lipinski definition) is 1. The molecular weight excluding hydrogens is 354 g/mol. The number of anilines is 1. The molecule has 1 aliphatic heterocycles. The summed E-state index contributed by atoms with van der Waals surface area (Å²) >= 11 is 3.32. The smallest absolute Gasteiger partial charge is 0.247 e. The van der Waals surface area contributed by atoms with Crippen molar-refractivity contribution in [1.82, 2.24) is 9.29 Å². The quantitative estimate of drug-likeness (QED) is 0.877. The Morgan fingerprint density at radius 1 is 1.43 bits per heavy atom. The molecule has 0 saturated carbocycles. The lowest BCUT2D eigenvalue weighted by atomic mass is 10.1. The molecule has 0 spiro atoms. The minimum atomic E-state index is -3.53. The van der Waals surface area contributed by atoms with Crippen molar-refractivity contribution < 1.29 is 8.42 Å². The van der Waals surface area contributed by atoms with Crippen LogP contribution in [0.5, 0.6) is 0 Å². The van der Waals surface area contributed by atoms with Crippen LogP contribution in [0.1, 0.15) is 39.0 Å². The summed E-state index contributed by atoms with van der Waals surface area (Å²) in [5.74, 6) is 0.400. The first-order valence-electron chi connectivity index (χ1n) is 7.35. The summed E-state index contributed by atoms with van der Waals surface area (Å²) < 4.78 is 28.5. The zero-order valence-electron chi connectivity index (χ0n) is 12.5. The third-order valence-electron chi connectivity index (χ3n) is 3.94. The number of nitrogens with one attached hydrogen (secondary N) is 1. The van der Waals surface area contributed by atoms with Gasteiger partial charge in [0.05, 0.1) is 0 Å². The molecular formula is C14H22BrN3O2S. The third kappa shape index (κ3) is 3.57. The summed E-state index contributed by atoms with van der Waals surface area (Å²) in [6.45, 7) is 2.65. The first kappa shape index (κ1) is 16.7. The molecule has 21 heavy (non-hydrogen) atoms. The summed E-state index contributed by atoms with van der Waals surface area (Å²) in [7, 11) is -1.84. The normalized spacial score (nSPS) is 21.0. The van der Waals surface area contributed by atoms with E-state index in [9.17, 15) is 8.42 Å². The van der Waals surface area contributed by atoms with Gasteiger partial charge in [-0.25, -0.2) is 13.4 Å². The zero-order valence-corrected chi connectivity index (χ0v) is 14.9. The van der Waals surface area contributed by atoms with E-state index in [4.69, 9.17) is 0 Å². The summed E-state index contributed by atoms with van der Waals surface area (Å²) in [5.41, 5.74) is 0. The number of halogens is 1. The first-order valence-corrected chi connectivity index (χ1v) is 9.59. The van der Waals surface area contributed by atoms with E-state index in [1.807, 2.05) is 0 Å². The number of rotatable bonds is 4. The van der Waals surface area contributed by atoms with E-state index in [1.54, 1.807) is 23.6 Å². The Bertz CT molecular complexity index is 592. The lowest BCUT2D eigenvalue weighted by Gasteiger charge is -2.28. The lowest BCUT2D eigenvalue weighted by molar-refractivity contribution is 0.315. The van der Waals surface area contributed by atoms with Gasteiger partial charge in [-0.1, -0.05) is 19.8 Å². The topological polar surface area (TPSA) is 62.3 Å². The molecule has 0 bridgehead atoms. The fourth-order valence-electron chi connectivity index (χ4n) is 2.81. The van der Waals surface area contributed by atoms with Gasteiger partial charge in [0, 0.05) is 30.3 Å². The fourth-order valence-corrected chi connectivity index (χ4v) is 5.23. The van der Waals surface area contributed by atoms with Crippen molar-refractivity contribution in [3.63, 3.8) is 0 Å². The Morgan fingerprint density at radius 2 is 2.19 bits per heavy atom. The molecule has 0 aliphatic carbocycles. The minimum Gasteiger partial charge on any atom is -0.372 e. The third-order valence-corrected chi connectivity index (χ3v) is 6.34. The first-order chi connectivity index (χ1) is 10.0. The highest BCUT2D eigenvalue weighted by molar-refractivity contribution is 9.10. The predicted molar refractivity (Wildman–Crippen MR) is 87.9 cm³/mol. The summed E-state index contributed by atoms with van der Waals surface area (Å²) in [4.78, 5) is 4.42. The number of nitrogens with zero attached hydrogens (tertiary/aromatic N) is 2. The molecule has 118 valence electrons. The molecule has 2 heterocycles. The van der Waals surface area contributed by atoms with Crippen LogP contribution in [-0.4, -0.2) is 37.3 Å². The van der Waals surface area contributed by atoms with Gasteiger partial charge in [-0.15, -0.1) is 0 Å². The molecule has 7 heteroatoms. The second-order valence-electron chi connectivity index (χ2n) is 5.28. The Morgan fingerprint density at radius 3 is 2.86 bits per heavy atom. The van der Waals surface area contributed by atoms with Gasteiger partial charge in [-0.3, -0.25) is 0 Å². The Hall–Kier alpha value is -0.660. The molecule has 0 aromatic carbocycles. The van der Waals surface area contributed by atoms with E-state index in [2.05, 4.69) is 33.2 Å². The lowest BCUT2D eigenvalue weighted by Crippen LogP contribution is -2.39. The maximum atomic E-state index is 13.1. The fraction of sp³-hybridized carbons (Fsp3) is 0.643. The van der Waals surface area contributed by atoms with E-state index in [0.717, 1.165) is 32.1 Å². The highest BCUT2D eigenvalue weighted by Crippen LogP contribution is 2.30. The average molecular weight is 376 g/mol. The van der Waals surface area contributed by atoms with Crippen LogP contribution < -0.4 is 5.32 Å². The van der Waals surface area contributed by atoms with Crippen LogP contribution in [0.15, 0.2) is 21.6 Å². The van der Waals surface area contributed by atoms with Crippen molar-refractivity contribution in [3.05, 3.63) is 16.7 Å². The SMILES string of the molecule is CCC1CCCCCN1S(=O)(=O)c1cc(Br)cnc1NC. The van der Waals surface area contributed by atoms with Gasteiger partial charge >= 0.3 is 0 Å². The second kappa shape index (κ2) is 7.07. The van der Waals surface area contributed by atoms with Crippen molar-refractivity contribution in [2.45, 2.75) is 50.0 Å². The standard InChI is InChI=1S/C14H22BrN3O2S/c1-3-12-7-5-4-6-8-18(12)21(19,20)13-9-11(15)10-17-14(13)16-2/h9-10,12H,3-8H2,1-2H3,(H,16,17). The van der Waals surface area contributed by atoms with E-state index < -0.39 is 10.0 Å². The highest BCUT2D eigenvalue weighted by Gasteiger charge is 2.33. The van der Waals surface area contributed by atoms with Crippen LogP contribution in [0.25, 0.3) is 0 Å². The molecule has 1 fully saturated rings. The van der Waals surface area contributed by atoms with Gasteiger partial charge < -0.3 is 5.32 Å². The average Bonchev–Trinajstić information content (AvgIpc) is 2.72. The van der Waals surface area contributed by atoms with E-state index in [0.29, 0.717) is 16.8 Å². The Kier molecular flexibility index (Phi) is 5.62. The molecule has 1 saturated heterocycles. The van der Waals surface area contributed by atoms with Crippen LogP contribution in [0.3, 0.4) is 0 Å². The number of aromatic nitrogens is 1. The van der Waals surface area contributed by atoms with Crippen LogP contribution >= 0.6 is 15.9 Å². The molecule has 1 aromatic rings. The van der Waals surface area contributed by atoms with Crippen LogP contribution in [0, 0.1) is 0 Å². The van der Waals surface area contributed by atoms with Crippen molar-refractivity contribution in [3.8, 4) is 0 Å². The molecule has 0 amide bonds.